The molecule has 122 valence electrons. The van der Waals surface area contributed by atoms with E-state index in [9.17, 15) is 18.5 Å². The minimum absolute atomic E-state index is 0.309. The number of anilines is 1. The minimum Gasteiger partial charge on any atom is -0.279 e. The fourth-order valence-electron chi connectivity index (χ4n) is 2.17. The van der Waals surface area contributed by atoms with E-state index in [4.69, 9.17) is 11.6 Å². The molecule has 2 aromatic carbocycles. The topological polar surface area (TPSA) is 89.3 Å². The molecule has 0 radical (unpaired) electrons. The predicted octanol–water partition coefficient (Wildman–Crippen LogP) is 3.92. The molecular formula is C15H15ClN2O4S. The number of rotatable bonds is 5. The summed E-state index contributed by atoms with van der Waals surface area (Å²) in [6.07, 6.45) is 0.639. The van der Waals surface area contributed by atoms with Crippen LogP contribution in [0.1, 0.15) is 18.1 Å². The summed E-state index contributed by atoms with van der Waals surface area (Å²) in [6, 6.07) is 9.50. The molecule has 0 saturated carbocycles. The van der Waals surface area contributed by atoms with Crippen LogP contribution in [-0.4, -0.2) is 13.3 Å². The maximum atomic E-state index is 12.6. The maximum Gasteiger partial charge on any atom is 0.289 e. The first-order valence-corrected chi connectivity index (χ1v) is 8.67. The quantitative estimate of drug-likeness (QED) is 0.651. The second-order valence-electron chi connectivity index (χ2n) is 4.97. The van der Waals surface area contributed by atoms with Crippen LogP contribution in [-0.2, 0) is 16.4 Å². The molecule has 0 heterocycles. The van der Waals surface area contributed by atoms with Gasteiger partial charge in [0.25, 0.3) is 15.7 Å². The van der Waals surface area contributed by atoms with Crippen molar-refractivity contribution in [3.63, 3.8) is 0 Å². The van der Waals surface area contributed by atoms with Gasteiger partial charge in [0.15, 0.2) is 0 Å². The Kier molecular flexibility index (Phi) is 4.91. The van der Waals surface area contributed by atoms with Crippen LogP contribution in [0.4, 0.5) is 11.4 Å². The molecule has 0 aliphatic rings. The van der Waals surface area contributed by atoms with E-state index in [-0.39, 0.29) is 4.90 Å². The number of nitro benzene ring substituents is 1. The first-order chi connectivity index (χ1) is 10.8. The lowest BCUT2D eigenvalue weighted by Crippen LogP contribution is -2.15. The summed E-state index contributed by atoms with van der Waals surface area (Å²) >= 11 is 5.94. The van der Waals surface area contributed by atoms with Crippen LogP contribution >= 0.6 is 11.6 Å². The maximum absolute atomic E-state index is 12.6. The van der Waals surface area contributed by atoms with Gasteiger partial charge in [-0.05, 0) is 36.6 Å². The van der Waals surface area contributed by atoms with Crippen molar-refractivity contribution < 1.29 is 13.3 Å². The fourth-order valence-corrected chi connectivity index (χ4v) is 3.94. The number of nitrogens with zero attached hydrogens (tertiary/aromatic N) is 1. The molecule has 1 N–H and O–H groups in total. The molecule has 0 aliphatic heterocycles. The standard InChI is InChI=1S/C15H15ClN2O4S/c1-3-11-6-4-5-7-12(11)17-23(21,22)14-9-10(2)8-13(15(14)16)18(19)20/h4-9,17H,3H2,1-2H3. The summed E-state index contributed by atoms with van der Waals surface area (Å²) in [4.78, 5) is 10.0. The molecule has 6 nitrogen and oxygen atoms in total. The van der Waals surface area contributed by atoms with Crippen LogP contribution in [0.5, 0.6) is 0 Å². The average Bonchev–Trinajstić information content (AvgIpc) is 2.49. The Balaban J connectivity index is 2.54. The highest BCUT2D eigenvalue weighted by atomic mass is 35.5. The van der Waals surface area contributed by atoms with E-state index in [0.717, 1.165) is 5.56 Å². The van der Waals surface area contributed by atoms with Gasteiger partial charge in [0.1, 0.15) is 9.92 Å². The summed E-state index contributed by atoms with van der Waals surface area (Å²) < 4.78 is 27.7. The number of aryl methyl sites for hydroxylation is 2. The zero-order valence-electron chi connectivity index (χ0n) is 12.5. The van der Waals surface area contributed by atoms with Gasteiger partial charge >= 0.3 is 0 Å². The lowest BCUT2D eigenvalue weighted by molar-refractivity contribution is -0.385. The third-order valence-corrected chi connectivity index (χ3v) is 5.19. The number of nitro groups is 1. The molecule has 0 saturated heterocycles. The summed E-state index contributed by atoms with van der Waals surface area (Å²) in [5.41, 5.74) is 1.24. The van der Waals surface area contributed by atoms with Crippen molar-refractivity contribution >= 4 is 33.0 Å². The Morgan fingerprint density at radius 3 is 2.52 bits per heavy atom. The van der Waals surface area contributed by atoms with Crippen LogP contribution in [0.3, 0.4) is 0 Å². The van der Waals surface area contributed by atoms with Crippen LogP contribution < -0.4 is 4.72 Å². The lowest BCUT2D eigenvalue weighted by Gasteiger charge is -2.13. The zero-order chi connectivity index (χ0) is 17.2. The second-order valence-corrected chi connectivity index (χ2v) is 7.00. The Bertz CT molecular complexity index is 866. The van der Waals surface area contributed by atoms with E-state index in [2.05, 4.69) is 4.72 Å². The summed E-state index contributed by atoms with van der Waals surface area (Å²) in [5.74, 6) is 0. The first kappa shape index (κ1) is 17.2. The molecule has 8 heteroatoms. The Labute approximate surface area is 139 Å². The molecule has 0 amide bonds. The zero-order valence-corrected chi connectivity index (χ0v) is 14.1. The highest BCUT2D eigenvalue weighted by Gasteiger charge is 2.26. The van der Waals surface area contributed by atoms with Crippen molar-refractivity contribution in [2.24, 2.45) is 0 Å². The largest absolute Gasteiger partial charge is 0.289 e. The van der Waals surface area contributed by atoms with Gasteiger partial charge in [-0.2, -0.15) is 0 Å². The monoisotopic (exact) mass is 354 g/mol. The van der Waals surface area contributed by atoms with E-state index in [1.807, 2.05) is 6.92 Å². The van der Waals surface area contributed by atoms with Crippen molar-refractivity contribution in [1.29, 1.82) is 0 Å². The van der Waals surface area contributed by atoms with Crippen molar-refractivity contribution in [1.82, 2.24) is 0 Å². The van der Waals surface area contributed by atoms with E-state index in [0.29, 0.717) is 17.7 Å². The Hall–Kier alpha value is -2.12. The summed E-state index contributed by atoms with van der Waals surface area (Å²) in [7, 11) is -4.04. The molecule has 0 fully saturated rings. The number of nitrogens with one attached hydrogen (secondary N) is 1. The Morgan fingerprint density at radius 2 is 1.91 bits per heavy atom. The highest BCUT2D eigenvalue weighted by Crippen LogP contribution is 2.33. The number of benzene rings is 2. The molecule has 0 unspecified atom stereocenters. The smallest absolute Gasteiger partial charge is 0.279 e. The van der Waals surface area contributed by atoms with Gasteiger partial charge in [0.2, 0.25) is 0 Å². The normalized spacial score (nSPS) is 11.3. The van der Waals surface area contributed by atoms with Crippen LogP contribution in [0, 0.1) is 17.0 Å². The van der Waals surface area contributed by atoms with Crippen molar-refractivity contribution in [2.45, 2.75) is 25.2 Å². The van der Waals surface area contributed by atoms with Crippen LogP contribution in [0.25, 0.3) is 0 Å². The molecule has 0 aromatic heterocycles. The van der Waals surface area contributed by atoms with Crippen LogP contribution in [0.15, 0.2) is 41.3 Å². The number of halogens is 1. The van der Waals surface area contributed by atoms with Gasteiger partial charge in [-0.15, -0.1) is 0 Å². The van der Waals surface area contributed by atoms with Gasteiger partial charge in [0.05, 0.1) is 10.6 Å². The summed E-state index contributed by atoms with van der Waals surface area (Å²) in [6.45, 7) is 3.47. The second kappa shape index (κ2) is 6.55. The number of para-hydroxylation sites is 1. The Morgan fingerprint density at radius 1 is 1.26 bits per heavy atom. The third-order valence-electron chi connectivity index (χ3n) is 3.29. The number of hydrogen-bond donors (Lipinski definition) is 1. The van der Waals surface area contributed by atoms with Crippen molar-refractivity contribution in [2.75, 3.05) is 4.72 Å². The predicted molar refractivity (Wildman–Crippen MR) is 89.5 cm³/mol. The van der Waals surface area contributed by atoms with Crippen LogP contribution in [0.2, 0.25) is 5.02 Å². The number of sulfonamides is 1. The fraction of sp³-hybridized carbons (Fsp3) is 0.200. The lowest BCUT2D eigenvalue weighted by atomic mass is 10.1. The third kappa shape index (κ3) is 3.62. The highest BCUT2D eigenvalue weighted by molar-refractivity contribution is 7.92. The minimum atomic E-state index is -4.04. The van der Waals surface area contributed by atoms with E-state index in [1.54, 1.807) is 31.2 Å². The molecule has 2 aromatic rings. The van der Waals surface area contributed by atoms with Crippen molar-refractivity contribution in [3.8, 4) is 0 Å². The van der Waals surface area contributed by atoms with Gasteiger partial charge < -0.3 is 0 Å². The average molecular weight is 355 g/mol. The molecule has 0 aliphatic carbocycles. The molecule has 23 heavy (non-hydrogen) atoms. The van der Waals surface area contributed by atoms with Gasteiger partial charge in [0, 0.05) is 6.07 Å². The van der Waals surface area contributed by atoms with Gasteiger partial charge in [-0.3, -0.25) is 14.8 Å². The molecule has 0 atom stereocenters. The van der Waals surface area contributed by atoms with Gasteiger partial charge in [-0.1, -0.05) is 36.7 Å². The molecule has 0 bridgehead atoms. The van der Waals surface area contributed by atoms with E-state index in [1.165, 1.54) is 12.1 Å². The number of hydrogen-bond acceptors (Lipinski definition) is 4. The van der Waals surface area contributed by atoms with Gasteiger partial charge in [-0.25, -0.2) is 8.42 Å². The molecule has 2 rings (SSSR count). The first-order valence-electron chi connectivity index (χ1n) is 6.81. The van der Waals surface area contributed by atoms with Crippen molar-refractivity contribution in [3.05, 3.63) is 62.7 Å². The molecular weight excluding hydrogens is 340 g/mol. The van der Waals surface area contributed by atoms with E-state index >= 15 is 0 Å². The molecule has 0 spiro atoms. The van der Waals surface area contributed by atoms with E-state index < -0.39 is 25.7 Å². The summed E-state index contributed by atoms with van der Waals surface area (Å²) in [5, 5.41) is 10.6. The SMILES string of the molecule is CCc1ccccc1NS(=O)(=O)c1cc(C)cc([N+](=O)[O-])c1Cl.